The van der Waals surface area contributed by atoms with E-state index in [9.17, 15) is 13.5 Å². The fourth-order valence-corrected chi connectivity index (χ4v) is 5.36. The number of halogens is 1. The Morgan fingerprint density at radius 3 is 2.73 bits per heavy atom. The molecule has 9 nitrogen and oxygen atoms in total. The summed E-state index contributed by atoms with van der Waals surface area (Å²) in [5, 5.41) is 24.5. The van der Waals surface area contributed by atoms with E-state index in [1.807, 2.05) is 0 Å². The van der Waals surface area contributed by atoms with E-state index in [1.165, 1.54) is 18.2 Å². The molecule has 0 amide bonds. The number of tetrazole rings is 1. The second kappa shape index (κ2) is 7.22. The predicted molar refractivity (Wildman–Crippen MR) is 108 cm³/mol. The summed E-state index contributed by atoms with van der Waals surface area (Å²) < 4.78 is 33.7. The monoisotopic (exact) mass is 447 g/mol. The maximum Gasteiger partial charge on any atom is 0.244 e. The molecular formula is C19H18ClN5O4S. The molecule has 5 rings (SSSR count). The van der Waals surface area contributed by atoms with Crippen LogP contribution < -0.4 is 9.46 Å². The van der Waals surface area contributed by atoms with Crippen molar-refractivity contribution in [2.75, 3.05) is 0 Å². The Kier molecular flexibility index (Phi) is 4.64. The van der Waals surface area contributed by atoms with E-state index >= 15 is 0 Å². The molecule has 1 fully saturated rings. The van der Waals surface area contributed by atoms with E-state index in [2.05, 4.69) is 25.3 Å². The zero-order valence-electron chi connectivity index (χ0n) is 15.7. The van der Waals surface area contributed by atoms with Gasteiger partial charge in [0.2, 0.25) is 10.0 Å². The molecule has 1 heterocycles. The molecule has 156 valence electrons. The van der Waals surface area contributed by atoms with Crippen molar-refractivity contribution >= 4 is 21.6 Å². The van der Waals surface area contributed by atoms with Gasteiger partial charge in [0.15, 0.2) is 5.82 Å². The van der Waals surface area contributed by atoms with Crippen molar-refractivity contribution in [2.45, 2.75) is 43.0 Å². The molecule has 2 aromatic carbocycles. The number of H-pyrrole nitrogens is 1. The molecule has 3 N–H and O–H groups in total. The molecule has 11 heteroatoms. The number of nitrogens with one attached hydrogen (secondary N) is 2. The van der Waals surface area contributed by atoms with E-state index in [1.54, 1.807) is 6.07 Å². The summed E-state index contributed by atoms with van der Waals surface area (Å²) in [5.74, 6) is 0.949. The number of rotatable bonds is 6. The number of hydrogen-bond acceptors (Lipinski definition) is 7. The molecule has 2 aliphatic carbocycles. The van der Waals surface area contributed by atoms with Crippen LogP contribution in [-0.4, -0.2) is 40.2 Å². The van der Waals surface area contributed by atoms with Gasteiger partial charge in [-0.1, -0.05) is 11.6 Å². The van der Waals surface area contributed by atoms with Crippen LogP contribution in [0.1, 0.15) is 30.4 Å². The van der Waals surface area contributed by atoms with Gasteiger partial charge in [-0.05, 0) is 66.3 Å². The van der Waals surface area contributed by atoms with Crippen molar-refractivity contribution in [3.63, 3.8) is 0 Å². The van der Waals surface area contributed by atoms with E-state index in [-0.39, 0.29) is 22.4 Å². The average Bonchev–Trinajstić information content (AvgIpc) is 3.18. The first-order chi connectivity index (χ1) is 14.4. The molecule has 0 saturated heterocycles. The molecule has 0 aliphatic heterocycles. The Balaban J connectivity index is 1.52. The number of phenolic OH excluding ortho intramolecular Hbond substituents is 1. The van der Waals surface area contributed by atoms with Crippen LogP contribution >= 0.6 is 11.6 Å². The number of aromatic hydroxyl groups is 1. The number of aromatic nitrogens is 4. The van der Waals surface area contributed by atoms with Crippen LogP contribution in [0.3, 0.4) is 0 Å². The van der Waals surface area contributed by atoms with Crippen LogP contribution in [0.25, 0.3) is 11.4 Å². The van der Waals surface area contributed by atoms with Crippen LogP contribution in [0, 0.1) is 0 Å². The molecule has 2 aliphatic rings. The highest BCUT2D eigenvalue weighted by molar-refractivity contribution is 7.89. The molecule has 1 saturated carbocycles. The quantitative estimate of drug-likeness (QED) is 0.529. The van der Waals surface area contributed by atoms with Crippen LogP contribution in [0.4, 0.5) is 0 Å². The van der Waals surface area contributed by atoms with Gasteiger partial charge in [0, 0.05) is 23.2 Å². The summed E-state index contributed by atoms with van der Waals surface area (Å²) >= 11 is 6.53. The molecule has 30 heavy (non-hydrogen) atoms. The Morgan fingerprint density at radius 1 is 1.20 bits per heavy atom. The highest BCUT2D eigenvalue weighted by atomic mass is 35.5. The van der Waals surface area contributed by atoms with Gasteiger partial charge in [-0.15, -0.1) is 5.10 Å². The van der Waals surface area contributed by atoms with Gasteiger partial charge in [0.1, 0.15) is 22.1 Å². The minimum atomic E-state index is -3.84. The summed E-state index contributed by atoms with van der Waals surface area (Å²) in [6, 6.07) is 5.80. The second-order valence-corrected chi connectivity index (χ2v) is 9.51. The molecule has 0 radical (unpaired) electrons. The van der Waals surface area contributed by atoms with Crippen molar-refractivity contribution < 1.29 is 18.3 Å². The van der Waals surface area contributed by atoms with Crippen molar-refractivity contribution in [3.05, 3.63) is 40.4 Å². The average molecular weight is 448 g/mol. The molecule has 0 unspecified atom stereocenters. The van der Waals surface area contributed by atoms with E-state index in [0.717, 1.165) is 48.8 Å². The Morgan fingerprint density at radius 2 is 2.00 bits per heavy atom. The summed E-state index contributed by atoms with van der Waals surface area (Å²) in [6.45, 7) is 0. The fraction of sp³-hybridized carbons (Fsp3) is 0.316. The van der Waals surface area contributed by atoms with E-state index in [0.29, 0.717) is 16.6 Å². The minimum absolute atomic E-state index is 0.0742. The second-order valence-electron chi connectivity index (χ2n) is 7.42. The number of nitrogens with zero attached hydrogens (tertiary/aromatic N) is 3. The lowest BCUT2D eigenvalue weighted by Crippen LogP contribution is -2.25. The van der Waals surface area contributed by atoms with Gasteiger partial charge in [0.25, 0.3) is 0 Å². The normalized spacial score (nSPS) is 15.9. The molecule has 0 atom stereocenters. The standard InChI is InChI=1S/C19H18ClN5O4S/c20-15-9-14(19-21-24-25-22-19)12-2-1-3-13(12)18(15)29-11-6-7-16(26)17(8-11)30(27,28)23-10-4-5-10/h6-10,23,26H,1-5H2,(H,21,22,24,25). The maximum atomic E-state index is 12.6. The van der Waals surface area contributed by atoms with Gasteiger partial charge in [-0.2, -0.15) is 0 Å². The van der Waals surface area contributed by atoms with Crippen molar-refractivity contribution in [2.24, 2.45) is 0 Å². The first kappa shape index (κ1) is 19.3. The first-order valence-electron chi connectivity index (χ1n) is 9.54. The molecular weight excluding hydrogens is 430 g/mol. The summed E-state index contributed by atoms with van der Waals surface area (Å²) in [4.78, 5) is -0.218. The topological polar surface area (TPSA) is 130 Å². The van der Waals surface area contributed by atoms with Gasteiger partial charge in [-0.3, -0.25) is 0 Å². The zero-order chi connectivity index (χ0) is 20.9. The van der Waals surface area contributed by atoms with Gasteiger partial charge in [-0.25, -0.2) is 18.2 Å². The fourth-order valence-electron chi connectivity index (χ4n) is 3.69. The molecule has 1 aromatic heterocycles. The van der Waals surface area contributed by atoms with Gasteiger partial charge in [0.05, 0.1) is 5.02 Å². The maximum absolute atomic E-state index is 12.6. The van der Waals surface area contributed by atoms with Crippen LogP contribution in [0.2, 0.25) is 5.02 Å². The van der Waals surface area contributed by atoms with Crippen molar-refractivity contribution in [1.82, 2.24) is 25.3 Å². The van der Waals surface area contributed by atoms with E-state index < -0.39 is 10.0 Å². The molecule has 0 bridgehead atoms. The highest BCUT2D eigenvalue weighted by Crippen LogP contribution is 2.44. The summed E-state index contributed by atoms with van der Waals surface area (Å²) in [5.41, 5.74) is 2.82. The molecule has 3 aromatic rings. The number of ether oxygens (including phenoxy) is 1. The minimum Gasteiger partial charge on any atom is -0.507 e. The van der Waals surface area contributed by atoms with Gasteiger partial charge >= 0.3 is 0 Å². The molecule has 0 spiro atoms. The summed E-state index contributed by atoms with van der Waals surface area (Å²) in [7, 11) is -3.84. The predicted octanol–water partition coefficient (Wildman–Crippen LogP) is 2.95. The van der Waals surface area contributed by atoms with E-state index in [4.69, 9.17) is 16.3 Å². The third-order valence-electron chi connectivity index (χ3n) is 5.25. The Hall–Kier alpha value is -2.69. The van der Waals surface area contributed by atoms with Crippen molar-refractivity contribution in [3.8, 4) is 28.6 Å². The number of phenols is 1. The van der Waals surface area contributed by atoms with Crippen LogP contribution in [-0.2, 0) is 22.9 Å². The number of fused-ring (bicyclic) bond motifs is 1. The van der Waals surface area contributed by atoms with Gasteiger partial charge < -0.3 is 9.84 Å². The third kappa shape index (κ3) is 3.51. The first-order valence-corrected chi connectivity index (χ1v) is 11.4. The van der Waals surface area contributed by atoms with Crippen molar-refractivity contribution in [1.29, 1.82) is 0 Å². The summed E-state index contributed by atoms with van der Waals surface area (Å²) in [6.07, 6.45) is 4.13. The Bertz CT molecular complexity index is 1230. The highest BCUT2D eigenvalue weighted by Gasteiger charge is 2.30. The number of benzene rings is 2. The number of hydrogen-bond donors (Lipinski definition) is 3. The number of aromatic amines is 1. The Labute approximate surface area is 177 Å². The lowest BCUT2D eigenvalue weighted by atomic mass is 10.0. The lowest BCUT2D eigenvalue weighted by molar-refractivity contribution is 0.446. The van der Waals surface area contributed by atoms with Crippen LogP contribution in [0.5, 0.6) is 17.2 Å². The lowest BCUT2D eigenvalue weighted by Gasteiger charge is -2.16. The zero-order valence-corrected chi connectivity index (χ0v) is 17.3. The SMILES string of the molecule is O=S(=O)(NC1CC1)c1cc(Oc2c(Cl)cc(-c3nnn[nH]3)c3c2CCC3)ccc1O. The number of sulfonamides is 1. The third-order valence-corrected chi connectivity index (χ3v) is 7.08. The largest absolute Gasteiger partial charge is 0.507 e. The smallest absolute Gasteiger partial charge is 0.244 e. The van der Waals surface area contributed by atoms with Crippen LogP contribution in [0.15, 0.2) is 29.2 Å².